The second-order valence-electron chi connectivity index (χ2n) is 5.53. The molecule has 0 saturated carbocycles. The average Bonchev–Trinajstić information content (AvgIpc) is 3.10. The highest BCUT2D eigenvalue weighted by Gasteiger charge is 2.34. The van der Waals surface area contributed by atoms with E-state index in [9.17, 15) is 18.0 Å². The predicted molar refractivity (Wildman–Crippen MR) is 81.0 cm³/mol. The van der Waals surface area contributed by atoms with Crippen molar-refractivity contribution in [1.82, 2.24) is 24.5 Å². The third kappa shape index (κ3) is 4.15. The second-order valence-corrected chi connectivity index (χ2v) is 5.53. The van der Waals surface area contributed by atoms with Gasteiger partial charge in [-0.1, -0.05) is 0 Å². The molecule has 0 radical (unpaired) electrons. The van der Waals surface area contributed by atoms with Crippen LogP contribution in [0.3, 0.4) is 0 Å². The minimum absolute atomic E-state index is 0.0799. The lowest BCUT2D eigenvalue weighted by molar-refractivity contribution is -0.141. The average molecular weight is 343 g/mol. The number of aryl methyl sites for hydroxylation is 3. The summed E-state index contributed by atoms with van der Waals surface area (Å²) in [6.45, 7) is 4.71. The minimum Gasteiger partial charge on any atom is -0.340 e. The summed E-state index contributed by atoms with van der Waals surface area (Å²) in [5.74, 6) is -0.165. The number of hydrogen-bond acceptors (Lipinski definition) is 3. The van der Waals surface area contributed by atoms with Crippen molar-refractivity contribution in [2.75, 3.05) is 7.05 Å². The van der Waals surface area contributed by atoms with Gasteiger partial charge in [0.15, 0.2) is 5.69 Å². The van der Waals surface area contributed by atoms with Gasteiger partial charge in [0.05, 0.1) is 12.2 Å². The molecule has 0 aliphatic carbocycles. The number of hydrogen-bond donors (Lipinski definition) is 0. The van der Waals surface area contributed by atoms with Crippen molar-refractivity contribution in [3.8, 4) is 0 Å². The van der Waals surface area contributed by atoms with E-state index in [0.29, 0.717) is 18.8 Å². The van der Waals surface area contributed by atoms with Crippen molar-refractivity contribution >= 4 is 5.91 Å². The van der Waals surface area contributed by atoms with Crippen LogP contribution in [0.4, 0.5) is 13.2 Å². The Kier molecular flexibility index (Phi) is 5.30. The number of alkyl halides is 3. The number of nitrogens with zero attached hydrogens (tertiary/aromatic N) is 5. The fourth-order valence-corrected chi connectivity index (χ4v) is 2.38. The maximum atomic E-state index is 12.6. The molecule has 6 nitrogen and oxygen atoms in total. The molecule has 2 heterocycles. The third-order valence-electron chi connectivity index (χ3n) is 3.74. The largest absolute Gasteiger partial charge is 0.435 e. The zero-order valence-corrected chi connectivity index (χ0v) is 13.8. The molecule has 0 aliphatic heterocycles. The number of rotatable bonds is 6. The smallest absolute Gasteiger partial charge is 0.340 e. The van der Waals surface area contributed by atoms with E-state index >= 15 is 0 Å². The third-order valence-corrected chi connectivity index (χ3v) is 3.74. The molecule has 2 aromatic heterocycles. The summed E-state index contributed by atoms with van der Waals surface area (Å²) in [6, 6.07) is 2.81. The molecule has 0 N–H and O–H groups in total. The van der Waals surface area contributed by atoms with Gasteiger partial charge < -0.3 is 4.90 Å². The zero-order chi connectivity index (χ0) is 17.9. The zero-order valence-electron chi connectivity index (χ0n) is 13.8. The molecule has 1 amide bonds. The van der Waals surface area contributed by atoms with Crippen molar-refractivity contribution in [1.29, 1.82) is 0 Å². The van der Waals surface area contributed by atoms with Gasteiger partial charge in [-0.15, -0.1) is 0 Å². The SMILES string of the molecule is CCn1nccc1CN(C)C(=O)CCn1nc(C(F)(F)F)cc1C. The minimum atomic E-state index is -4.48. The highest BCUT2D eigenvalue weighted by Crippen LogP contribution is 2.28. The monoisotopic (exact) mass is 343 g/mol. The quantitative estimate of drug-likeness (QED) is 0.810. The van der Waals surface area contributed by atoms with Crippen molar-refractivity contribution in [2.45, 2.75) is 46.1 Å². The van der Waals surface area contributed by atoms with Crippen LogP contribution in [0.1, 0.15) is 30.4 Å². The van der Waals surface area contributed by atoms with Gasteiger partial charge in [0.1, 0.15) is 0 Å². The number of carbonyl (C=O) groups excluding carboxylic acids is 1. The standard InChI is InChI=1S/C15H20F3N5O/c1-4-22-12(5-7-19-22)10-21(3)14(24)6-8-23-11(2)9-13(20-23)15(16,17)18/h5,7,9H,4,6,8,10H2,1-3H3. The molecule has 0 fully saturated rings. The summed E-state index contributed by atoms with van der Waals surface area (Å²) >= 11 is 0. The number of halogens is 3. The Labute approximate surface area is 137 Å². The van der Waals surface area contributed by atoms with Crippen LogP contribution in [0.2, 0.25) is 0 Å². The Balaban J connectivity index is 1.94. The maximum absolute atomic E-state index is 12.6. The van der Waals surface area contributed by atoms with E-state index in [1.165, 1.54) is 16.5 Å². The van der Waals surface area contributed by atoms with E-state index in [4.69, 9.17) is 0 Å². The molecular formula is C15H20F3N5O. The summed E-state index contributed by atoms with van der Waals surface area (Å²) in [5.41, 5.74) is 0.345. The Bertz CT molecular complexity index is 704. The van der Waals surface area contributed by atoms with Gasteiger partial charge in [-0.3, -0.25) is 14.2 Å². The maximum Gasteiger partial charge on any atom is 0.435 e. The van der Waals surface area contributed by atoms with Crippen LogP contribution >= 0.6 is 0 Å². The summed E-state index contributed by atoms with van der Waals surface area (Å²) in [7, 11) is 1.66. The topological polar surface area (TPSA) is 56.0 Å². The second kappa shape index (κ2) is 7.06. The van der Waals surface area contributed by atoms with Crippen molar-refractivity contribution in [3.63, 3.8) is 0 Å². The molecule has 2 rings (SSSR count). The van der Waals surface area contributed by atoms with E-state index < -0.39 is 11.9 Å². The molecule has 2 aromatic rings. The van der Waals surface area contributed by atoms with E-state index in [1.54, 1.807) is 17.9 Å². The fraction of sp³-hybridized carbons (Fsp3) is 0.533. The van der Waals surface area contributed by atoms with Gasteiger partial charge in [-0.25, -0.2) is 0 Å². The van der Waals surface area contributed by atoms with Crippen LogP contribution in [0.5, 0.6) is 0 Å². The Morgan fingerprint density at radius 3 is 2.62 bits per heavy atom. The Hall–Kier alpha value is -2.32. The Morgan fingerprint density at radius 2 is 2.04 bits per heavy atom. The molecule has 0 bridgehead atoms. The summed E-state index contributed by atoms with van der Waals surface area (Å²) in [4.78, 5) is 13.7. The molecule has 0 spiro atoms. The van der Waals surface area contributed by atoms with Gasteiger partial charge in [0.2, 0.25) is 5.91 Å². The molecule has 0 saturated heterocycles. The normalized spacial score (nSPS) is 11.8. The first kappa shape index (κ1) is 18.0. The molecule has 0 atom stereocenters. The van der Waals surface area contributed by atoms with Crippen LogP contribution in [-0.2, 0) is 30.6 Å². The molecule has 0 aliphatic rings. The van der Waals surface area contributed by atoms with E-state index in [-0.39, 0.29) is 18.9 Å². The first-order valence-corrected chi connectivity index (χ1v) is 7.58. The Morgan fingerprint density at radius 1 is 1.33 bits per heavy atom. The van der Waals surface area contributed by atoms with Crippen LogP contribution in [0.15, 0.2) is 18.3 Å². The highest BCUT2D eigenvalue weighted by molar-refractivity contribution is 5.75. The van der Waals surface area contributed by atoms with Crippen LogP contribution in [0, 0.1) is 6.92 Å². The highest BCUT2D eigenvalue weighted by atomic mass is 19.4. The van der Waals surface area contributed by atoms with Crippen LogP contribution in [-0.4, -0.2) is 37.4 Å². The number of aromatic nitrogens is 4. The van der Waals surface area contributed by atoms with Crippen molar-refractivity contribution in [3.05, 3.63) is 35.4 Å². The molecule has 0 unspecified atom stereocenters. The van der Waals surface area contributed by atoms with Crippen molar-refractivity contribution < 1.29 is 18.0 Å². The lowest BCUT2D eigenvalue weighted by Gasteiger charge is -2.18. The van der Waals surface area contributed by atoms with Crippen LogP contribution < -0.4 is 0 Å². The number of carbonyl (C=O) groups is 1. The van der Waals surface area contributed by atoms with E-state index in [0.717, 1.165) is 11.8 Å². The first-order chi connectivity index (χ1) is 11.2. The molecule has 24 heavy (non-hydrogen) atoms. The van der Waals surface area contributed by atoms with Crippen LogP contribution in [0.25, 0.3) is 0 Å². The van der Waals surface area contributed by atoms with Gasteiger partial charge in [-0.2, -0.15) is 23.4 Å². The van der Waals surface area contributed by atoms with E-state index in [1.807, 2.05) is 13.0 Å². The molecule has 0 aromatic carbocycles. The summed E-state index contributed by atoms with van der Waals surface area (Å²) in [6.07, 6.45) is -2.73. The molecule has 9 heteroatoms. The lowest BCUT2D eigenvalue weighted by atomic mass is 10.3. The van der Waals surface area contributed by atoms with Gasteiger partial charge >= 0.3 is 6.18 Å². The molecule has 132 valence electrons. The van der Waals surface area contributed by atoms with Crippen molar-refractivity contribution in [2.24, 2.45) is 0 Å². The number of amides is 1. The lowest BCUT2D eigenvalue weighted by Crippen LogP contribution is -2.28. The summed E-state index contributed by atoms with van der Waals surface area (Å²) in [5, 5.41) is 7.66. The molecular weight excluding hydrogens is 323 g/mol. The fourth-order valence-electron chi connectivity index (χ4n) is 2.38. The first-order valence-electron chi connectivity index (χ1n) is 7.58. The predicted octanol–water partition coefficient (Wildman–Crippen LogP) is 2.48. The van der Waals surface area contributed by atoms with E-state index in [2.05, 4.69) is 10.2 Å². The summed E-state index contributed by atoms with van der Waals surface area (Å²) < 4.78 is 40.9. The van der Waals surface area contributed by atoms with Gasteiger partial charge in [0.25, 0.3) is 0 Å². The van der Waals surface area contributed by atoms with Gasteiger partial charge in [0, 0.05) is 38.4 Å². The van der Waals surface area contributed by atoms with Gasteiger partial charge in [-0.05, 0) is 26.0 Å².